The number of hydrogen-bond acceptors (Lipinski definition) is 0. The Labute approximate surface area is 264 Å². The first-order valence-electron chi connectivity index (χ1n) is 15.4. The maximum absolute atomic E-state index is 2.38. The molecule has 212 valence electrons. The van der Waals surface area contributed by atoms with E-state index in [2.05, 4.69) is 193 Å². The lowest BCUT2D eigenvalue weighted by atomic mass is 9.91. The maximum atomic E-state index is 2.38. The third-order valence-electron chi connectivity index (χ3n) is 8.68. The van der Waals surface area contributed by atoms with Gasteiger partial charge in [0, 0.05) is 22.8 Å². The summed E-state index contributed by atoms with van der Waals surface area (Å²) < 4.78 is 2.34. The summed E-state index contributed by atoms with van der Waals surface area (Å²) in [5, 5.41) is 1.23. The van der Waals surface area contributed by atoms with Crippen molar-refractivity contribution in [1.82, 2.24) is 4.57 Å². The highest BCUT2D eigenvalue weighted by molar-refractivity contribution is 6.03. The van der Waals surface area contributed by atoms with E-state index < -0.39 is 0 Å². The van der Waals surface area contributed by atoms with E-state index in [1.807, 2.05) is 0 Å². The number of benzene rings is 7. The van der Waals surface area contributed by atoms with Crippen molar-refractivity contribution < 1.29 is 0 Å². The first kappa shape index (κ1) is 26.7. The summed E-state index contributed by atoms with van der Waals surface area (Å²) in [6.45, 7) is 0. The number of nitrogens with zero attached hydrogens (tertiary/aromatic N) is 1. The Morgan fingerprint density at radius 2 is 0.711 bits per heavy atom. The van der Waals surface area contributed by atoms with Crippen LogP contribution in [-0.2, 0) is 0 Å². The van der Waals surface area contributed by atoms with Gasteiger partial charge in [0.1, 0.15) is 0 Å². The molecular weight excluding hydrogens is 542 g/mol. The molecule has 0 bridgehead atoms. The highest BCUT2D eigenvalue weighted by Gasteiger charge is 2.17. The van der Waals surface area contributed by atoms with Crippen molar-refractivity contribution in [3.8, 4) is 61.3 Å². The van der Waals surface area contributed by atoms with Crippen molar-refractivity contribution in [3.05, 3.63) is 188 Å². The molecule has 1 heteroatoms. The minimum atomic E-state index is 1.14. The summed E-state index contributed by atoms with van der Waals surface area (Å²) in [6.07, 6.45) is 2.32. The molecule has 1 nitrogen and oxygen atoms in total. The summed E-state index contributed by atoms with van der Waals surface area (Å²) in [4.78, 5) is 0. The zero-order valence-electron chi connectivity index (χ0n) is 24.8. The predicted octanol–water partition coefficient (Wildman–Crippen LogP) is 12.0. The van der Waals surface area contributed by atoms with Gasteiger partial charge >= 0.3 is 0 Å². The van der Waals surface area contributed by atoms with Gasteiger partial charge in [0.05, 0.1) is 5.52 Å². The normalized spacial score (nSPS) is 11.1. The van der Waals surface area contributed by atoms with Crippen molar-refractivity contribution >= 4 is 10.9 Å². The van der Waals surface area contributed by atoms with E-state index in [9.17, 15) is 0 Å². The summed E-state index contributed by atoms with van der Waals surface area (Å²) >= 11 is 0. The van der Waals surface area contributed by atoms with E-state index in [4.69, 9.17) is 0 Å². The number of fused-ring (bicyclic) bond motifs is 1. The Balaban J connectivity index is 1.34. The topological polar surface area (TPSA) is 4.93 Å². The van der Waals surface area contributed by atoms with Gasteiger partial charge in [-0.2, -0.15) is 0 Å². The summed E-state index contributed by atoms with van der Waals surface area (Å²) in [6, 6.07) is 65.2. The Bertz CT molecular complexity index is 2230. The minimum absolute atomic E-state index is 1.14. The Hall–Kier alpha value is -5.92. The molecule has 0 fully saturated rings. The monoisotopic (exact) mass is 573 g/mol. The molecule has 1 aromatic heterocycles. The van der Waals surface area contributed by atoms with Crippen LogP contribution in [0.15, 0.2) is 188 Å². The standard InChI is InChI=1S/C44H31N/c1-4-14-32(15-5-1)33-24-27-37(28-25-33)45-31-43(41-23-13-12-21-39(41)35-18-8-3-9-19-35)42-30-36(26-29-44(42)45)40-22-11-10-20-38(40)34-16-6-2-7-17-34/h1-31H. The molecule has 0 aliphatic rings. The molecule has 8 aromatic rings. The van der Waals surface area contributed by atoms with Gasteiger partial charge in [-0.25, -0.2) is 0 Å². The quantitative estimate of drug-likeness (QED) is 0.186. The molecule has 0 atom stereocenters. The Morgan fingerprint density at radius 3 is 1.29 bits per heavy atom. The van der Waals surface area contributed by atoms with E-state index in [0.29, 0.717) is 0 Å². The molecule has 7 aromatic carbocycles. The van der Waals surface area contributed by atoms with Gasteiger partial charge in [0.25, 0.3) is 0 Å². The van der Waals surface area contributed by atoms with Crippen LogP contribution in [0, 0.1) is 0 Å². The molecule has 0 radical (unpaired) electrons. The van der Waals surface area contributed by atoms with E-state index >= 15 is 0 Å². The number of aromatic nitrogens is 1. The molecule has 0 saturated heterocycles. The lowest BCUT2D eigenvalue weighted by molar-refractivity contribution is 1.13. The van der Waals surface area contributed by atoms with Crippen LogP contribution in [0.2, 0.25) is 0 Å². The third kappa shape index (κ3) is 5.05. The molecule has 0 aliphatic heterocycles. The van der Waals surface area contributed by atoms with Crippen molar-refractivity contribution in [2.75, 3.05) is 0 Å². The van der Waals surface area contributed by atoms with Crippen LogP contribution in [0.4, 0.5) is 0 Å². The van der Waals surface area contributed by atoms with Crippen LogP contribution in [0.25, 0.3) is 72.2 Å². The van der Waals surface area contributed by atoms with E-state index in [-0.39, 0.29) is 0 Å². The molecule has 0 unspecified atom stereocenters. The zero-order valence-corrected chi connectivity index (χ0v) is 24.8. The highest BCUT2D eigenvalue weighted by Crippen LogP contribution is 2.41. The summed E-state index contributed by atoms with van der Waals surface area (Å²) in [7, 11) is 0. The first-order chi connectivity index (χ1) is 22.3. The third-order valence-corrected chi connectivity index (χ3v) is 8.68. The molecule has 45 heavy (non-hydrogen) atoms. The zero-order chi connectivity index (χ0) is 30.0. The average Bonchev–Trinajstić information content (AvgIpc) is 3.51. The van der Waals surface area contributed by atoms with Crippen molar-refractivity contribution in [1.29, 1.82) is 0 Å². The van der Waals surface area contributed by atoms with Crippen LogP contribution < -0.4 is 0 Å². The van der Waals surface area contributed by atoms with Gasteiger partial charge in [-0.3, -0.25) is 0 Å². The smallest absolute Gasteiger partial charge is 0.0535 e. The molecule has 8 rings (SSSR count). The van der Waals surface area contributed by atoms with Gasteiger partial charge in [-0.15, -0.1) is 0 Å². The summed E-state index contributed by atoms with van der Waals surface area (Å²) in [5.41, 5.74) is 14.5. The van der Waals surface area contributed by atoms with Crippen LogP contribution in [0.1, 0.15) is 0 Å². The van der Waals surface area contributed by atoms with Crippen molar-refractivity contribution in [2.45, 2.75) is 0 Å². The van der Waals surface area contributed by atoms with Gasteiger partial charge in [0.15, 0.2) is 0 Å². The highest BCUT2D eigenvalue weighted by atomic mass is 15.0. The Kier molecular flexibility index (Phi) is 6.90. The van der Waals surface area contributed by atoms with Crippen molar-refractivity contribution in [2.24, 2.45) is 0 Å². The van der Waals surface area contributed by atoms with Crippen LogP contribution >= 0.6 is 0 Å². The molecule has 0 saturated carbocycles. The Morgan fingerprint density at radius 1 is 0.289 bits per heavy atom. The van der Waals surface area contributed by atoms with Gasteiger partial charge in [0.2, 0.25) is 0 Å². The molecule has 0 spiro atoms. The largest absolute Gasteiger partial charge is 0.316 e. The number of rotatable bonds is 6. The molecule has 1 heterocycles. The van der Waals surface area contributed by atoms with Gasteiger partial charge in [-0.05, 0) is 74.3 Å². The average molecular weight is 574 g/mol. The molecule has 0 N–H and O–H groups in total. The summed E-state index contributed by atoms with van der Waals surface area (Å²) in [5.74, 6) is 0. The maximum Gasteiger partial charge on any atom is 0.0535 e. The molecule has 0 amide bonds. The fraction of sp³-hybridized carbons (Fsp3) is 0. The van der Waals surface area contributed by atoms with Gasteiger partial charge < -0.3 is 4.57 Å². The van der Waals surface area contributed by atoms with E-state index in [1.165, 1.54) is 66.5 Å². The minimum Gasteiger partial charge on any atom is -0.316 e. The van der Waals surface area contributed by atoms with E-state index in [1.54, 1.807) is 0 Å². The van der Waals surface area contributed by atoms with Crippen LogP contribution in [0.3, 0.4) is 0 Å². The molecular formula is C44H31N. The number of hydrogen-bond donors (Lipinski definition) is 0. The van der Waals surface area contributed by atoms with Gasteiger partial charge in [-0.1, -0.05) is 158 Å². The second kappa shape index (κ2) is 11.6. The second-order valence-electron chi connectivity index (χ2n) is 11.4. The van der Waals surface area contributed by atoms with Crippen LogP contribution in [-0.4, -0.2) is 4.57 Å². The van der Waals surface area contributed by atoms with Crippen LogP contribution in [0.5, 0.6) is 0 Å². The fourth-order valence-electron chi connectivity index (χ4n) is 6.46. The van der Waals surface area contributed by atoms with E-state index in [0.717, 1.165) is 5.69 Å². The SMILES string of the molecule is c1ccc(-c2ccc(-n3cc(-c4ccccc4-c4ccccc4)c4cc(-c5ccccc5-c5ccccc5)ccc43)cc2)cc1. The molecule has 0 aliphatic carbocycles. The van der Waals surface area contributed by atoms with Crippen molar-refractivity contribution in [3.63, 3.8) is 0 Å². The lowest BCUT2D eigenvalue weighted by Crippen LogP contribution is -1.92. The fourth-order valence-corrected chi connectivity index (χ4v) is 6.46. The predicted molar refractivity (Wildman–Crippen MR) is 190 cm³/mol. The lowest BCUT2D eigenvalue weighted by Gasteiger charge is -2.12. The second-order valence-corrected chi connectivity index (χ2v) is 11.4. The first-order valence-corrected chi connectivity index (χ1v) is 15.4.